The Balaban J connectivity index is 1.49. The molecule has 0 unspecified atom stereocenters. The summed E-state index contributed by atoms with van der Waals surface area (Å²) >= 11 is 3.43. The summed E-state index contributed by atoms with van der Waals surface area (Å²) in [5.74, 6) is 0.0716. The van der Waals surface area contributed by atoms with Crippen LogP contribution in [0.2, 0.25) is 0 Å². The van der Waals surface area contributed by atoms with Crippen molar-refractivity contribution in [2.75, 3.05) is 19.6 Å². The molecule has 3 rings (SSSR count). The van der Waals surface area contributed by atoms with Gasteiger partial charge < -0.3 is 15.0 Å². The molecule has 0 aromatic heterocycles. The van der Waals surface area contributed by atoms with Crippen LogP contribution in [0.3, 0.4) is 0 Å². The van der Waals surface area contributed by atoms with Gasteiger partial charge in [-0.15, -0.1) is 0 Å². The van der Waals surface area contributed by atoms with Gasteiger partial charge in [0.2, 0.25) is 0 Å². The van der Waals surface area contributed by atoms with E-state index in [-0.39, 0.29) is 11.8 Å². The number of benzene rings is 2. The van der Waals surface area contributed by atoms with E-state index in [1.54, 1.807) is 24.3 Å². The first-order valence-corrected chi connectivity index (χ1v) is 10.3. The summed E-state index contributed by atoms with van der Waals surface area (Å²) in [6.07, 6.45) is 1.67. The molecular weight excluding hydrogens is 436 g/mol. The lowest BCUT2D eigenvalue weighted by atomic mass is 9.96. The summed E-state index contributed by atoms with van der Waals surface area (Å²) in [6, 6.07) is 14.0. The van der Waals surface area contributed by atoms with Gasteiger partial charge in [0.1, 0.15) is 5.75 Å². The molecule has 1 aliphatic heterocycles. The highest BCUT2D eigenvalue weighted by molar-refractivity contribution is 9.10. The van der Waals surface area contributed by atoms with Crippen LogP contribution in [-0.2, 0) is 4.79 Å². The van der Waals surface area contributed by atoms with E-state index in [9.17, 15) is 14.4 Å². The highest BCUT2D eigenvalue weighted by Gasteiger charge is 2.25. The number of carbonyl (C=O) groups is 3. The van der Waals surface area contributed by atoms with Crippen molar-refractivity contribution in [3.63, 3.8) is 0 Å². The average molecular weight is 459 g/mol. The number of likely N-dealkylation sites (tertiary alicyclic amines) is 1. The molecule has 0 saturated carbocycles. The fourth-order valence-corrected chi connectivity index (χ4v) is 3.81. The van der Waals surface area contributed by atoms with Crippen LogP contribution >= 0.6 is 15.9 Å². The predicted octanol–water partition coefficient (Wildman–Crippen LogP) is 3.66. The second-order valence-electron chi connectivity index (χ2n) is 7.05. The minimum atomic E-state index is -0.425. The van der Waals surface area contributed by atoms with Crippen LogP contribution in [-0.4, -0.2) is 42.3 Å². The summed E-state index contributed by atoms with van der Waals surface area (Å²) in [5.41, 5.74) is 1.12. The number of ether oxygens (including phenoxy) is 1. The second kappa shape index (κ2) is 9.69. The first kappa shape index (κ1) is 21.0. The van der Waals surface area contributed by atoms with E-state index in [2.05, 4.69) is 21.2 Å². The molecule has 0 radical (unpaired) electrons. The third-order valence-corrected chi connectivity index (χ3v) is 5.61. The van der Waals surface area contributed by atoms with Gasteiger partial charge in [0.15, 0.2) is 0 Å². The summed E-state index contributed by atoms with van der Waals surface area (Å²) < 4.78 is 5.82. The monoisotopic (exact) mass is 458 g/mol. The smallest absolute Gasteiger partial charge is 0.308 e. The highest BCUT2D eigenvalue weighted by Crippen LogP contribution is 2.22. The summed E-state index contributed by atoms with van der Waals surface area (Å²) in [5, 5.41) is 2.94. The Bertz CT molecular complexity index is 907. The number of nitrogens with zero attached hydrogens (tertiary/aromatic N) is 1. The van der Waals surface area contributed by atoms with Crippen LogP contribution in [0, 0.1) is 5.92 Å². The molecule has 0 aliphatic carbocycles. The van der Waals surface area contributed by atoms with Crippen LogP contribution in [0.4, 0.5) is 0 Å². The van der Waals surface area contributed by atoms with Gasteiger partial charge in [-0.3, -0.25) is 14.4 Å². The quantitative estimate of drug-likeness (QED) is 0.547. The third-order valence-electron chi connectivity index (χ3n) is 4.92. The Hall–Kier alpha value is -2.67. The van der Waals surface area contributed by atoms with Crippen LogP contribution < -0.4 is 10.1 Å². The van der Waals surface area contributed by atoms with E-state index in [1.807, 2.05) is 29.2 Å². The molecule has 0 spiro atoms. The molecular formula is C22H23BrN2O4. The minimum Gasteiger partial charge on any atom is -0.427 e. The van der Waals surface area contributed by atoms with Crippen molar-refractivity contribution >= 4 is 33.7 Å². The van der Waals surface area contributed by atoms with Crippen molar-refractivity contribution < 1.29 is 19.1 Å². The normalized spacial score (nSPS) is 14.3. The maximum Gasteiger partial charge on any atom is 0.308 e. The zero-order chi connectivity index (χ0) is 20.8. The maximum atomic E-state index is 12.7. The van der Waals surface area contributed by atoms with Crippen molar-refractivity contribution in [1.82, 2.24) is 10.2 Å². The number of halogens is 1. The highest BCUT2D eigenvalue weighted by atomic mass is 79.9. The van der Waals surface area contributed by atoms with Crippen molar-refractivity contribution in [3.8, 4) is 5.75 Å². The fourth-order valence-electron chi connectivity index (χ4n) is 3.35. The van der Waals surface area contributed by atoms with Crippen LogP contribution in [0.25, 0.3) is 0 Å². The van der Waals surface area contributed by atoms with Crippen molar-refractivity contribution in [3.05, 3.63) is 64.1 Å². The first-order chi connectivity index (χ1) is 13.9. The van der Waals surface area contributed by atoms with Gasteiger partial charge in [-0.1, -0.05) is 18.2 Å². The number of nitrogens with one attached hydrogen (secondary N) is 1. The molecule has 1 N–H and O–H groups in total. The summed E-state index contributed by atoms with van der Waals surface area (Å²) in [4.78, 5) is 38.0. The molecule has 1 heterocycles. The second-order valence-corrected chi connectivity index (χ2v) is 7.90. The van der Waals surface area contributed by atoms with Gasteiger partial charge >= 0.3 is 5.97 Å². The molecule has 6 nitrogen and oxygen atoms in total. The molecule has 7 heteroatoms. The van der Waals surface area contributed by atoms with Gasteiger partial charge in [-0.25, -0.2) is 0 Å². The van der Waals surface area contributed by atoms with Crippen molar-refractivity contribution in [1.29, 1.82) is 0 Å². The zero-order valence-electron chi connectivity index (χ0n) is 16.2. The zero-order valence-corrected chi connectivity index (χ0v) is 17.8. The minimum absolute atomic E-state index is 0.0299. The molecule has 1 aliphatic rings. The summed E-state index contributed by atoms with van der Waals surface area (Å²) in [7, 11) is 0. The molecule has 1 fully saturated rings. The molecule has 0 atom stereocenters. The largest absolute Gasteiger partial charge is 0.427 e. The lowest BCUT2D eigenvalue weighted by molar-refractivity contribution is -0.131. The number of amides is 2. The van der Waals surface area contributed by atoms with Crippen molar-refractivity contribution in [2.45, 2.75) is 19.8 Å². The fraction of sp³-hybridized carbons (Fsp3) is 0.318. The van der Waals surface area contributed by atoms with Gasteiger partial charge in [0, 0.05) is 36.6 Å². The Labute approximate surface area is 178 Å². The third kappa shape index (κ3) is 5.67. The topological polar surface area (TPSA) is 75.7 Å². The van der Waals surface area contributed by atoms with Gasteiger partial charge in [-0.05, 0) is 65.0 Å². The molecule has 2 amide bonds. The molecule has 2 aromatic rings. The Kier molecular flexibility index (Phi) is 7.04. The van der Waals surface area contributed by atoms with Crippen LogP contribution in [0.15, 0.2) is 53.0 Å². The van der Waals surface area contributed by atoms with Gasteiger partial charge in [-0.2, -0.15) is 0 Å². The van der Waals surface area contributed by atoms with Crippen LogP contribution in [0.1, 0.15) is 40.5 Å². The van der Waals surface area contributed by atoms with E-state index in [1.165, 1.54) is 6.92 Å². The van der Waals surface area contributed by atoms with E-state index in [0.29, 0.717) is 42.4 Å². The molecule has 29 heavy (non-hydrogen) atoms. The number of piperidine rings is 1. The SMILES string of the molecule is CC(=O)Oc1cccc(C(=O)NCC2CCN(C(=O)c3ccccc3Br)CC2)c1. The Morgan fingerprint density at radius 3 is 2.52 bits per heavy atom. The van der Waals surface area contributed by atoms with Gasteiger partial charge in [0.05, 0.1) is 5.56 Å². The number of carbonyl (C=O) groups excluding carboxylic acids is 3. The molecule has 0 bridgehead atoms. The number of rotatable bonds is 5. The lowest BCUT2D eigenvalue weighted by Crippen LogP contribution is -2.41. The standard InChI is InChI=1S/C22H23BrN2O4/c1-15(26)29-18-6-4-5-17(13-18)21(27)24-14-16-9-11-25(12-10-16)22(28)19-7-2-3-8-20(19)23/h2-8,13,16H,9-12,14H2,1H3,(H,24,27). The Morgan fingerprint density at radius 2 is 1.83 bits per heavy atom. The van der Waals surface area contributed by atoms with Crippen LogP contribution in [0.5, 0.6) is 5.75 Å². The van der Waals surface area contributed by atoms with E-state index in [4.69, 9.17) is 4.74 Å². The van der Waals surface area contributed by atoms with Gasteiger partial charge in [0.25, 0.3) is 11.8 Å². The van der Waals surface area contributed by atoms with E-state index < -0.39 is 5.97 Å². The predicted molar refractivity (Wildman–Crippen MR) is 113 cm³/mol. The maximum absolute atomic E-state index is 12.7. The van der Waals surface area contributed by atoms with E-state index in [0.717, 1.165) is 17.3 Å². The molecule has 1 saturated heterocycles. The lowest BCUT2D eigenvalue weighted by Gasteiger charge is -2.32. The molecule has 2 aromatic carbocycles. The first-order valence-electron chi connectivity index (χ1n) is 9.54. The average Bonchev–Trinajstić information content (AvgIpc) is 2.72. The number of esters is 1. The number of hydrogen-bond acceptors (Lipinski definition) is 4. The number of hydrogen-bond donors (Lipinski definition) is 1. The summed E-state index contributed by atoms with van der Waals surface area (Å²) in [6.45, 7) is 3.21. The van der Waals surface area contributed by atoms with E-state index >= 15 is 0 Å². The Morgan fingerprint density at radius 1 is 1.10 bits per heavy atom. The van der Waals surface area contributed by atoms with Crippen molar-refractivity contribution in [2.24, 2.45) is 5.92 Å². The molecule has 152 valence electrons.